The van der Waals surface area contributed by atoms with Gasteiger partial charge in [-0.2, -0.15) is 7.05 Å². The highest BCUT2D eigenvalue weighted by molar-refractivity contribution is 4.71. The molecule has 0 bridgehead atoms. The summed E-state index contributed by atoms with van der Waals surface area (Å²) >= 11 is 0. The summed E-state index contributed by atoms with van der Waals surface area (Å²) in [4.78, 5) is 1.41. The zero-order valence-electron chi connectivity index (χ0n) is 8.93. The molecule has 0 spiro atoms. The Bertz CT molecular complexity index is 161. The van der Waals surface area contributed by atoms with Crippen LogP contribution in [0.2, 0.25) is 0 Å². The van der Waals surface area contributed by atoms with Crippen molar-refractivity contribution >= 4 is 0 Å². The molecule has 2 saturated heterocycles. The largest absolute Gasteiger partial charge is 0.468 e. The quantitative estimate of drug-likeness (QED) is 0.590. The molecule has 2 heterocycles. The van der Waals surface area contributed by atoms with Crippen LogP contribution in [0.5, 0.6) is 0 Å². The van der Waals surface area contributed by atoms with Crippen molar-refractivity contribution in [2.24, 2.45) is 0 Å². The summed E-state index contributed by atoms with van der Waals surface area (Å²) in [7, 11) is 4.03. The van der Waals surface area contributed by atoms with Crippen LogP contribution < -0.4 is 10.2 Å². The van der Waals surface area contributed by atoms with Crippen LogP contribution in [0, 0.1) is 7.05 Å². The van der Waals surface area contributed by atoms with E-state index in [9.17, 15) is 0 Å². The fourth-order valence-corrected chi connectivity index (χ4v) is 2.34. The van der Waals surface area contributed by atoms with E-state index >= 15 is 0 Å². The summed E-state index contributed by atoms with van der Waals surface area (Å²) in [5.74, 6) is 0. The van der Waals surface area contributed by atoms with Crippen molar-refractivity contribution < 1.29 is 9.64 Å². The molecule has 0 unspecified atom stereocenters. The summed E-state index contributed by atoms with van der Waals surface area (Å²) < 4.78 is 6.10. The molecule has 0 aromatic rings. The van der Waals surface area contributed by atoms with E-state index in [0.29, 0.717) is 12.2 Å². The second-order valence-electron chi connectivity index (χ2n) is 4.53. The third kappa shape index (κ3) is 2.94. The van der Waals surface area contributed by atoms with Gasteiger partial charge in [0.25, 0.3) is 0 Å². The fraction of sp³-hybridized carbons (Fsp3) is 0.909. The van der Waals surface area contributed by atoms with E-state index in [1.165, 1.54) is 43.7 Å². The van der Waals surface area contributed by atoms with Crippen LogP contribution >= 0.6 is 0 Å². The maximum absolute atomic E-state index is 6.10. The third-order valence-electron chi connectivity index (χ3n) is 3.31. The molecule has 0 saturated carbocycles. The molecular formula is C11H22N2O. The lowest BCUT2D eigenvalue weighted by atomic mass is 10.1. The van der Waals surface area contributed by atoms with Crippen LogP contribution in [-0.4, -0.2) is 38.4 Å². The maximum atomic E-state index is 6.10. The number of likely N-dealkylation sites (tertiary alicyclic amines) is 1. The minimum Gasteiger partial charge on any atom is -0.468 e. The first-order valence-electron chi connectivity index (χ1n) is 5.87. The molecule has 0 aromatic carbocycles. The van der Waals surface area contributed by atoms with Crippen LogP contribution in [0.4, 0.5) is 0 Å². The van der Waals surface area contributed by atoms with E-state index in [0.717, 1.165) is 13.1 Å². The Morgan fingerprint density at radius 1 is 1.00 bits per heavy atom. The van der Waals surface area contributed by atoms with Gasteiger partial charge in [-0.15, -0.1) is 0 Å². The topological polar surface area (TPSA) is 25.7 Å². The first kappa shape index (κ1) is 10.4. The molecule has 0 aliphatic carbocycles. The molecule has 2 N–H and O–H groups in total. The van der Waals surface area contributed by atoms with Crippen molar-refractivity contribution in [1.29, 1.82) is 0 Å². The summed E-state index contributed by atoms with van der Waals surface area (Å²) in [5.41, 5.74) is 0. The SMILES string of the molecule is [CH2-][NH+]1CCC(OC2CCNCC2)CC1. The van der Waals surface area contributed by atoms with Gasteiger partial charge in [-0.25, -0.2) is 0 Å². The Morgan fingerprint density at radius 2 is 1.57 bits per heavy atom. The van der Waals surface area contributed by atoms with Crippen molar-refractivity contribution in [2.75, 3.05) is 26.2 Å². The minimum atomic E-state index is 0.517. The average Bonchev–Trinajstić information content (AvgIpc) is 2.23. The monoisotopic (exact) mass is 198 g/mol. The van der Waals surface area contributed by atoms with Crippen molar-refractivity contribution in [3.8, 4) is 0 Å². The molecule has 2 aliphatic heterocycles. The van der Waals surface area contributed by atoms with Crippen molar-refractivity contribution in [3.63, 3.8) is 0 Å². The van der Waals surface area contributed by atoms with Gasteiger partial charge in [0.2, 0.25) is 0 Å². The van der Waals surface area contributed by atoms with Crippen LogP contribution in [-0.2, 0) is 4.74 Å². The van der Waals surface area contributed by atoms with Crippen LogP contribution in [0.3, 0.4) is 0 Å². The van der Waals surface area contributed by atoms with E-state index in [2.05, 4.69) is 12.4 Å². The van der Waals surface area contributed by atoms with Gasteiger partial charge in [-0.1, -0.05) is 0 Å². The summed E-state index contributed by atoms with van der Waals surface area (Å²) in [6.45, 7) is 4.61. The van der Waals surface area contributed by atoms with E-state index in [-0.39, 0.29) is 0 Å². The predicted octanol–water partition coefficient (Wildman–Crippen LogP) is -0.406. The number of piperidine rings is 2. The molecule has 14 heavy (non-hydrogen) atoms. The standard InChI is InChI=1S/C11H22N2O/c1-13-8-4-11(5-9-13)14-10-2-6-12-7-3-10/h10-13H,1-9H2. The smallest absolute Gasteiger partial charge is 0.0684 e. The van der Waals surface area contributed by atoms with E-state index in [1.54, 1.807) is 0 Å². The second kappa shape index (κ2) is 5.10. The molecule has 2 rings (SSSR count). The summed E-state index contributed by atoms with van der Waals surface area (Å²) in [6.07, 6.45) is 5.82. The summed E-state index contributed by atoms with van der Waals surface area (Å²) in [5, 5.41) is 3.36. The van der Waals surface area contributed by atoms with Gasteiger partial charge in [0.05, 0.1) is 25.3 Å². The third-order valence-corrected chi connectivity index (χ3v) is 3.31. The zero-order chi connectivity index (χ0) is 9.80. The van der Waals surface area contributed by atoms with Gasteiger partial charge in [-0.3, -0.25) is 0 Å². The molecule has 82 valence electrons. The maximum Gasteiger partial charge on any atom is 0.0684 e. The molecule has 0 radical (unpaired) electrons. The van der Waals surface area contributed by atoms with Crippen LogP contribution in [0.25, 0.3) is 0 Å². The lowest BCUT2D eigenvalue weighted by Gasteiger charge is -2.34. The highest BCUT2D eigenvalue weighted by Crippen LogP contribution is 2.14. The first-order valence-corrected chi connectivity index (χ1v) is 5.87. The molecule has 0 amide bonds. The van der Waals surface area contributed by atoms with E-state index in [1.807, 2.05) is 0 Å². The highest BCUT2D eigenvalue weighted by atomic mass is 16.5. The van der Waals surface area contributed by atoms with Gasteiger partial charge in [0, 0.05) is 12.8 Å². The van der Waals surface area contributed by atoms with Gasteiger partial charge in [-0.05, 0) is 25.9 Å². The Kier molecular flexibility index (Phi) is 3.79. The Labute approximate surface area is 86.8 Å². The van der Waals surface area contributed by atoms with E-state index in [4.69, 9.17) is 4.74 Å². The first-order chi connectivity index (χ1) is 6.84. The molecule has 3 nitrogen and oxygen atoms in total. The van der Waals surface area contributed by atoms with Gasteiger partial charge >= 0.3 is 0 Å². The number of ether oxygens (including phenoxy) is 1. The Morgan fingerprint density at radius 3 is 2.21 bits per heavy atom. The summed E-state index contributed by atoms with van der Waals surface area (Å²) in [6, 6.07) is 0. The molecule has 2 aliphatic rings. The van der Waals surface area contributed by atoms with E-state index < -0.39 is 0 Å². The van der Waals surface area contributed by atoms with Crippen LogP contribution in [0.1, 0.15) is 25.7 Å². The Hall–Kier alpha value is -0.120. The number of rotatable bonds is 2. The van der Waals surface area contributed by atoms with Gasteiger partial charge < -0.3 is 15.0 Å². The van der Waals surface area contributed by atoms with Crippen molar-refractivity contribution in [3.05, 3.63) is 7.05 Å². The van der Waals surface area contributed by atoms with Crippen molar-refractivity contribution in [2.45, 2.75) is 37.9 Å². The van der Waals surface area contributed by atoms with Crippen LogP contribution in [0.15, 0.2) is 0 Å². The lowest BCUT2D eigenvalue weighted by molar-refractivity contribution is -0.860. The minimum absolute atomic E-state index is 0.517. The molecule has 0 aromatic heterocycles. The molecule has 3 heteroatoms. The molecule has 0 atom stereocenters. The average molecular weight is 198 g/mol. The van der Waals surface area contributed by atoms with Gasteiger partial charge in [0.1, 0.15) is 0 Å². The number of hydrogen-bond donors (Lipinski definition) is 2. The number of hydrogen-bond acceptors (Lipinski definition) is 2. The lowest BCUT2D eigenvalue weighted by Crippen LogP contribution is -3.08. The predicted molar refractivity (Wildman–Crippen MR) is 56.1 cm³/mol. The highest BCUT2D eigenvalue weighted by Gasteiger charge is 2.22. The molecular weight excluding hydrogens is 176 g/mol. The van der Waals surface area contributed by atoms with Gasteiger partial charge in [0.15, 0.2) is 0 Å². The normalized spacial score (nSPS) is 35.8. The molecule has 2 fully saturated rings. The Balaban J connectivity index is 1.68. The fourth-order valence-electron chi connectivity index (χ4n) is 2.34. The van der Waals surface area contributed by atoms with Crippen molar-refractivity contribution in [1.82, 2.24) is 5.32 Å². The zero-order valence-corrected chi connectivity index (χ0v) is 8.93. The second-order valence-corrected chi connectivity index (χ2v) is 4.53. The number of quaternary nitrogens is 1. The number of nitrogens with one attached hydrogen (secondary N) is 2.